The van der Waals surface area contributed by atoms with E-state index in [1.807, 2.05) is 12.1 Å². The Morgan fingerprint density at radius 1 is 1.13 bits per heavy atom. The van der Waals surface area contributed by atoms with Gasteiger partial charge in [-0.05, 0) is 54.1 Å². The van der Waals surface area contributed by atoms with E-state index in [1.165, 1.54) is 5.57 Å². The Balaban J connectivity index is 0.00000106. The number of carbonyl (C=O) groups excluding carboxylic acids is 1. The summed E-state index contributed by atoms with van der Waals surface area (Å²) >= 11 is 3.53. The summed E-state index contributed by atoms with van der Waals surface area (Å²) in [4.78, 5) is 17.0. The number of hydrogen-bond acceptors (Lipinski definition) is 4. The molecule has 0 spiro atoms. The highest BCUT2D eigenvalue weighted by Gasteiger charge is 2.39. The van der Waals surface area contributed by atoms with Crippen LogP contribution in [0.1, 0.15) is 58.6 Å². The van der Waals surface area contributed by atoms with Gasteiger partial charge in [0, 0.05) is 34.1 Å². The third kappa shape index (κ3) is 3.08. The predicted octanol–water partition coefficient (Wildman–Crippen LogP) is 4.83. The maximum absolute atomic E-state index is 13.5. The molecule has 1 aromatic heterocycles. The maximum Gasteiger partial charge on any atom is 0.195 e. The summed E-state index contributed by atoms with van der Waals surface area (Å²) < 4.78 is 0. The summed E-state index contributed by atoms with van der Waals surface area (Å²) in [5, 5.41) is 13.4. The number of thiol groups is 1. The van der Waals surface area contributed by atoms with Crippen LogP contribution < -0.4 is 5.32 Å². The smallest absolute Gasteiger partial charge is 0.195 e. The average molecular weight is 416 g/mol. The molecule has 1 aliphatic carbocycles. The van der Waals surface area contributed by atoms with Crippen molar-refractivity contribution in [3.63, 3.8) is 0 Å². The number of H-pyrrole nitrogens is 1. The highest BCUT2D eigenvalue weighted by molar-refractivity contribution is 7.79. The van der Waals surface area contributed by atoms with E-state index in [0.717, 1.165) is 58.4 Å². The van der Waals surface area contributed by atoms with Gasteiger partial charge in [-0.3, -0.25) is 4.79 Å². The second kappa shape index (κ2) is 7.79. The molecule has 0 radical (unpaired) electrons. The van der Waals surface area contributed by atoms with Gasteiger partial charge in [0.25, 0.3) is 0 Å². The summed E-state index contributed by atoms with van der Waals surface area (Å²) in [5.41, 5.74) is 7.08. The Morgan fingerprint density at radius 2 is 1.93 bits per heavy atom. The molecule has 0 saturated heterocycles. The van der Waals surface area contributed by atoms with Gasteiger partial charge in [0.15, 0.2) is 5.78 Å². The number of nitrogens with one attached hydrogen (secondary N) is 2. The Bertz CT molecular complexity index is 1230. The van der Waals surface area contributed by atoms with E-state index in [-0.39, 0.29) is 11.2 Å². The third-order valence-electron chi connectivity index (χ3n) is 6.15. The van der Waals surface area contributed by atoms with E-state index in [4.69, 9.17) is 0 Å². The van der Waals surface area contributed by atoms with E-state index in [0.29, 0.717) is 5.56 Å². The molecule has 4 nitrogen and oxygen atoms in total. The SMILES string of the molecule is CC1(C)c2ccc(C3=CCNCC3)cc2C(=O)c2c1[nH]c1cc(C#N)ccc21.CS. The molecule has 0 bridgehead atoms. The number of hydrogen-bond donors (Lipinski definition) is 3. The first-order chi connectivity index (χ1) is 14.5. The van der Waals surface area contributed by atoms with Crippen molar-refractivity contribution in [2.24, 2.45) is 0 Å². The number of nitrogens with zero attached hydrogens (tertiary/aromatic N) is 1. The molecule has 30 heavy (non-hydrogen) atoms. The number of benzene rings is 2. The van der Waals surface area contributed by atoms with Gasteiger partial charge in [-0.1, -0.05) is 38.1 Å². The van der Waals surface area contributed by atoms with Crippen LogP contribution in [0.5, 0.6) is 0 Å². The topological polar surface area (TPSA) is 68.7 Å². The molecule has 3 aromatic rings. The summed E-state index contributed by atoms with van der Waals surface area (Å²) in [5.74, 6) is 0.0664. The second-order valence-electron chi connectivity index (χ2n) is 8.15. The number of aromatic nitrogens is 1. The first-order valence-corrected chi connectivity index (χ1v) is 11.0. The lowest BCUT2D eigenvalue weighted by Crippen LogP contribution is -2.30. The number of carbonyl (C=O) groups is 1. The van der Waals surface area contributed by atoms with Gasteiger partial charge >= 0.3 is 0 Å². The third-order valence-corrected chi connectivity index (χ3v) is 6.15. The van der Waals surface area contributed by atoms with E-state index < -0.39 is 0 Å². The highest BCUT2D eigenvalue weighted by Crippen LogP contribution is 2.44. The summed E-state index contributed by atoms with van der Waals surface area (Å²) in [6.07, 6.45) is 4.88. The predicted molar refractivity (Wildman–Crippen MR) is 125 cm³/mol. The Morgan fingerprint density at radius 3 is 2.63 bits per heavy atom. The van der Waals surface area contributed by atoms with Gasteiger partial charge < -0.3 is 10.3 Å². The number of aromatic amines is 1. The average Bonchev–Trinajstić information content (AvgIpc) is 3.19. The molecule has 2 N–H and O–H groups in total. The quantitative estimate of drug-likeness (QED) is 0.499. The lowest BCUT2D eigenvalue weighted by Gasteiger charge is -2.32. The van der Waals surface area contributed by atoms with Crippen LogP contribution in [0.4, 0.5) is 0 Å². The monoisotopic (exact) mass is 415 g/mol. The summed E-state index contributed by atoms with van der Waals surface area (Å²) in [6, 6.07) is 14.0. The molecule has 152 valence electrons. The summed E-state index contributed by atoms with van der Waals surface area (Å²) in [6.45, 7) is 6.15. The largest absolute Gasteiger partial charge is 0.357 e. The van der Waals surface area contributed by atoms with Crippen LogP contribution in [0.25, 0.3) is 16.5 Å². The minimum Gasteiger partial charge on any atom is -0.357 e. The summed E-state index contributed by atoms with van der Waals surface area (Å²) in [7, 11) is 0. The number of ketones is 1. The Labute approximate surface area is 182 Å². The molecule has 0 unspecified atom stereocenters. The van der Waals surface area contributed by atoms with Crippen molar-refractivity contribution in [3.8, 4) is 6.07 Å². The number of fused-ring (bicyclic) bond motifs is 4. The van der Waals surface area contributed by atoms with Crippen molar-refractivity contribution < 1.29 is 4.79 Å². The van der Waals surface area contributed by atoms with E-state index in [9.17, 15) is 10.1 Å². The van der Waals surface area contributed by atoms with Crippen LogP contribution >= 0.6 is 12.6 Å². The van der Waals surface area contributed by atoms with E-state index in [1.54, 1.807) is 12.3 Å². The molecule has 0 atom stereocenters. The first kappa shape index (κ1) is 20.5. The van der Waals surface area contributed by atoms with E-state index >= 15 is 0 Å². The van der Waals surface area contributed by atoms with Crippen LogP contribution in [0, 0.1) is 11.3 Å². The van der Waals surface area contributed by atoms with Crippen LogP contribution in [-0.2, 0) is 5.41 Å². The zero-order chi connectivity index (χ0) is 21.5. The number of rotatable bonds is 1. The Kier molecular flexibility index (Phi) is 5.31. The van der Waals surface area contributed by atoms with Crippen molar-refractivity contribution in [2.75, 3.05) is 19.3 Å². The molecule has 2 aliphatic rings. The van der Waals surface area contributed by atoms with Gasteiger partial charge in [-0.25, -0.2) is 0 Å². The van der Waals surface area contributed by atoms with E-state index in [2.05, 4.69) is 67.1 Å². The van der Waals surface area contributed by atoms with Crippen molar-refractivity contribution in [3.05, 3.63) is 76.0 Å². The Hall–Kier alpha value is -2.81. The molecule has 0 amide bonds. The van der Waals surface area contributed by atoms with Crippen LogP contribution in [0.15, 0.2) is 42.5 Å². The lowest BCUT2D eigenvalue weighted by atomic mass is 9.70. The van der Waals surface area contributed by atoms with Crippen LogP contribution in [-0.4, -0.2) is 30.1 Å². The maximum atomic E-state index is 13.5. The minimum absolute atomic E-state index is 0.0664. The standard InChI is InChI=1S/C24H21N3O.CH4S/c1-24(2)19-6-4-16(15-7-9-26-10-8-15)12-18(19)22(28)21-17-5-3-14(13-25)11-20(17)27-23(21)24;1-2/h3-7,11-12,26-27H,8-10H2,1-2H3;2H,1H3. The highest BCUT2D eigenvalue weighted by atomic mass is 32.1. The molecule has 1 aliphatic heterocycles. The lowest BCUT2D eigenvalue weighted by molar-refractivity contribution is 0.103. The molecule has 5 rings (SSSR count). The fourth-order valence-electron chi connectivity index (χ4n) is 4.60. The molecule has 0 fully saturated rings. The molecular weight excluding hydrogens is 390 g/mol. The molecule has 2 heterocycles. The molecule has 2 aromatic carbocycles. The number of nitriles is 1. The molecule has 0 saturated carbocycles. The molecular formula is C25H25N3OS. The minimum atomic E-state index is -0.314. The van der Waals surface area contributed by atoms with Gasteiger partial charge in [0.05, 0.1) is 17.2 Å². The van der Waals surface area contributed by atoms with Gasteiger partial charge in [0.2, 0.25) is 0 Å². The van der Waals surface area contributed by atoms with Gasteiger partial charge in [0.1, 0.15) is 0 Å². The van der Waals surface area contributed by atoms with Crippen molar-refractivity contribution in [1.29, 1.82) is 5.26 Å². The van der Waals surface area contributed by atoms with Gasteiger partial charge in [-0.2, -0.15) is 17.9 Å². The van der Waals surface area contributed by atoms with Crippen LogP contribution in [0.2, 0.25) is 0 Å². The normalized spacial score (nSPS) is 16.6. The fourth-order valence-corrected chi connectivity index (χ4v) is 4.60. The van der Waals surface area contributed by atoms with Crippen molar-refractivity contribution in [1.82, 2.24) is 10.3 Å². The zero-order valence-electron chi connectivity index (χ0n) is 17.5. The molecule has 5 heteroatoms. The first-order valence-electron chi connectivity index (χ1n) is 10.1. The van der Waals surface area contributed by atoms with Crippen molar-refractivity contribution >= 4 is 34.9 Å². The van der Waals surface area contributed by atoms with Crippen LogP contribution in [0.3, 0.4) is 0 Å². The second-order valence-corrected chi connectivity index (χ2v) is 8.15. The zero-order valence-corrected chi connectivity index (χ0v) is 18.4. The fraction of sp³-hybridized carbons (Fsp3) is 0.280. The van der Waals surface area contributed by atoms with Crippen molar-refractivity contribution in [2.45, 2.75) is 25.7 Å². The van der Waals surface area contributed by atoms with Gasteiger partial charge in [-0.15, -0.1) is 0 Å².